The van der Waals surface area contributed by atoms with Crippen molar-refractivity contribution in [1.82, 2.24) is 0 Å². The summed E-state index contributed by atoms with van der Waals surface area (Å²) in [6, 6.07) is 13.7. The molecule has 0 fully saturated rings. The predicted molar refractivity (Wildman–Crippen MR) is 92.1 cm³/mol. The molecule has 2 aromatic carbocycles. The number of benzene rings is 2. The fourth-order valence-corrected chi connectivity index (χ4v) is 3.16. The van der Waals surface area contributed by atoms with E-state index in [1.54, 1.807) is 6.08 Å². The molecule has 0 aliphatic carbocycles. The van der Waals surface area contributed by atoms with E-state index in [1.807, 2.05) is 48.2 Å². The number of carbonyl (C=O) groups is 1. The van der Waals surface area contributed by atoms with Gasteiger partial charge in [-0.25, -0.2) is 0 Å². The lowest BCUT2D eigenvalue weighted by atomic mass is 10.0. The molecule has 0 atom stereocenters. The van der Waals surface area contributed by atoms with Crippen molar-refractivity contribution in [3.63, 3.8) is 0 Å². The fourth-order valence-electron chi connectivity index (χ4n) is 2.31. The molecule has 0 radical (unpaired) electrons. The zero-order chi connectivity index (χ0) is 15.2. The number of thioether (sulfide) groups is 1. The average Bonchev–Trinajstić information content (AvgIpc) is 2.47. The van der Waals surface area contributed by atoms with E-state index in [-0.39, 0.29) is 5.78 Å². The molecule has 0 N–H and O–H groups in total. The first-order valence-electron chi connectivity index (χ1n) is 7.13. The number of aryl methyl sites for hydroxylation is 2. The second-order valence-electron chi connectivity index (χ2n) is 4.97. The molecular weight excluding hydrogens is 276 g/mol. The Balaban J connectivity index is 2.23. The quantitative estimate of drug-likeness (QED) is 0.422. The predicted octanol–water partition coefficient (Wildman–Crippen LogP) is 5.31. The van der Waals surface area contributed by atoms with Gasteiger partial charge in [-0.1, -0.05) is 43.3 Å². The van der Waals surface area contributed by atoms with E-state index in [4.69, 9.17) is 0 Å². The van der Waals surface area contributed by atoms with Gasteiger partial charge >= 0.3 is 0 Å². The van der Waals surface area contributed by atoms with Crippen molar-refractivity contribution in [2.75, 3.05) is 5.75 Å². The largest absolute Gasteiger partial charge is 0.289 e. The molecule has 2 heteroatoms. The number of allylic oxidation sites excluding steroid dienone is 1. The Hall–Kier alpha value is -1.80. The zero-order valence-electron chi connectivity index (χ0n) is 12.7. The second kappa shape index (κ2) is 7.28. The molecule has 0 saturated carbocycles. The van der Waals surface area contributed by atoms with Gasteiger partial charge in [0.25, 0.3) is 0 Å². The zero-order valence-corrected chi connectivity index (χ0v) is 13.5. The van der Waals surface area contributed by atoms with Crippen LogP contribution in [0.25, 0.3) is 6.08 Å². The summed E-state index contributed by atoms with van der Waals surface area (Å²) in [7, 11) is 0. The minimum atomic E-state index is 0.0430. The Kier molecular flexibility index (Phi) is 5.40. The topological polar surface area (TPSA) is 17.1 Å². The molecule has 0 heterocycles. The minimum Gasteiger partial charge on any atom is -0.289 e. The highest BCUT2D eigenvalue weighted by Crippen LogP contribution is 2.25. The fraction of sp³-hybridized carbons (Fsp3) is 0.211. The third-order valence-corrected chi connectivity index (χ3v) is 4.20. The van der Waals surface area contributed by atoms with Crippen LogP contribution in [0.2, 0.25) is 0 Å². The first-order chi connectivity index (χ1) is 10.1. The van der Waals surface area contributed by atoms with Crippen LogP contribution in [-0.4, -0.2) is 11.5 Å². The summed E-state index contributed by atoms with van der Waals surface area (Å²) in [5, 5.41) is 0. The lowest BCUT2D eigenvalue weighted by Gasteiger charge is -2.08. The third kappa shape index (κ3) is 4.08. The Bertz CT molecular complexity index is 634. The normalized spacial score (nSPS) is 11.0. The molecule has 0 spiro atoms. The molecule has 0 unspecified atom stereocenters. The van der Waals surface area contributed by atoms with Crippen molar-refractivity contribution >= 4 is 23.6 Å². The molecule has 108 valence electrons. The number of hydrogen-bond donors (Lipinski definition) is 0. The average molecular weight is 296 g/mol. The standard InChI is InChI=1S/C19H20OS/c1-4-21-17-12-14(2)18(15(3)13-17)10-11-19(20)16-8-6-5-7-9-16/h5-13H,4H2,1-3H3. The van der Waals surface area contributed by atoms with Crippen molar-refractivity contribution < 1.29 is 4.79 Å². The van der Waals surface area contributed by atoms with Crippen LogP contribution in [-0.2, 0) is 0 Å². The van der Waals surface area contributed by atoms with Gasteiger partial charge in [0, 0.05) is 10.5 Å². The van der Waals surface area contributed by atoms with Gasteiger partial charge < -0.3 is 0 Å². The van der Waals surface area contributed by atoms with Gasteiger partial charge in [0.15, 0.2) is 5.78 Å². The highest BCUT2D eigenvalue weighted by Gasteiger charge is 2.04. The molecule has 2 aromatic rings. The molecule has 0 amide bonds. The van der Waals surface area contributed by atoms with E-state index in [2.05, 4.69) is 32.9 Å². The van der Waals surface area contributed by atoms with Crippen LogP contribution in [0.15, 0.2) is 53.4 Å². The summed E-state index contributed by atoms with van der Waals surface area (Å²) < 4.78 is 0. The van der Waals surface area contributed by atoms with Crippen molar-refractivity contribution in [1.29, 1.82) is 0 Å². The van der Waals surface area contributed by atoms with E-state index in [0.29, 0.717) is 0 Å². The summed E-state index contributed by atoms with van der Waals surface area (Å²) in [5.74, 6) is 1.11. The molecule has 0 aliphatic heterocycles. The van der Waals surface area contributed by atoms with Crippen LogP contribution in [0.4, 0.5) is 0 Å². The van der Waals surface area contributed by atoms with Gasteiger partial charge in [0.05, 0.1) is 0 Å². The maximum atomic E-state index is 12.1. The molecule has 2 rings (SSSR count). The van der Waals surface area contributed by atoms with Gasteiger partial charge in [0.2, 0.25) is 0 Å². The van der Waals surface area contributed by atoms with Gasteiger partial charge in [0.1, 0.15) is 0 Å². The van der Waals surface area contributed by atoms with Crippen molar-refractivity contribution in [3.8, 4) is 0 Å². The van der Waals surface area contributed by atoms with Crippen LogP contribution < -0.4 is 0 Å². The lowest BCUT2D eigenvalue weighted by Crippen LogP contribution is -1.94. The summed E-state index contributed by atoms with van der Waals surface area (Å²) in [6.07, 6.45) is 3.59. The number of hydrogen-bond acceptors (Lipinski definition) is 2. The van der Waals surface area contributed by atoms with Crippen molar-refractivity contribution in [2.45, 2.75) is 25.7 Å². The van der Waals surface area contributed by atoms with Gasteiger partial charge in [-0.15, -0.1) is 11.8 Å². The van der Waals surface area contributed by atoms with Crippen LogP contribution in [0.3, 0.4) is 0 Å². The van der Waals surface area contributed by atoms with Crippen LogP contribution in [0, 0.1) is 13.8 Å². The monoisotopic (exact) mass is 296 g/mol. The number of rotatable bonds is 5. The Morgan fingerprint density at radius 1 is 1.10 bits per heavy atom. The molecule has 0 aromatic heterocycles. The van der Waals surface area contributed by atoms with E-state index in [9.17, 15) is 4.79 Å². The first kappa shape index (κ1) is 15.6. The maximum Gasteiger partial charge on any atom is 0.185 e. The summed E-state index contributed by atoms with van der Waals surface area (Å²) >= 11 is 1.84. The Morgan fingerprint density at radius 3 is 2.29 bits per heavy atom. The van der Waals surface area contributed by atoms with Gasteiger partial charge in [-0.2, -0.15) is 0 Å². The van der Waals surface area contributed by atoms with Crippen LogP contribution >= 0.6 is 11.8 Å². The molecule has 0 aliphatic rings. The van der Waals surface area contributed by atoms with E-state index in [1.165, 1.54) is 16.0 Å². The smallest absolute Gasteiger partial charge is 0.185 e. The highest BCUT2D eigenvalue weighted by molar-refractivity contribution is 7.99. The first-order valence-corrected chi connectivity index (χ1v) is 8.12. The summed E-state index contributed by atoms with van der Waals surface area (Å²) in [5.41, 5.74) is 4.29. The number of carbonyl (C=O) groups excluding carboxylic acids is 1. The van der Waals surface area contributed by atoms with E-state index < -0.39 is 0 Å². The van der Waals surface area contributed by atoms with Crippen molar-refractivity contribution in [2.24, 2.45) is 0 Å². The summed E-state index contributed by atoms with van der Waals surface area (Å²) in [6.45, 7) is 6.35. The minimum absolute atomic E-state index is 0.0430. The lowest BCUT2D eigenvalue weighted by molar-refractivity contribution is 0.104. The van der Waals surface area contributed by atoms with Gasteiger partial charge in [-0.05, 0) is 54.5 Å². The molecule has 0 saturated heterocycles. The van der Waals surface area contributed by atoms with Gasteiger partial charge in [-0.3, -0.25) is 4.79 Å². The maximum absolute atomic E-state index is 12.1. The van der Waals surface area contributed by atoms with Crippen LogP contribution in [0.5, 0.6) is 0 Å². The third-order valence-electron chi connectivity index (χ3n) is 3.34. The van der Waals surface area contributed by atoms with Crippen molar-refractivity contribution in [3.05, 3.63) is 70.8 Å². The number of ketones is 1. The molecule has 21 heavy (non-hydrogen) atoms. The van der Waals surface area contributed by atoms with E-state index in [0.717, 1.165) is 16.9 Å². The second-order valence-corrected chi connectivity index (χ2v) is 6.30. The Morgan fingerprint density at radius 2 is 1.71 bits per heavy atom. The summed E-state index contributed by atoms with van der Waals surface area (Å²) in [4.78, 5) is 13.4. The molecular formula is C19H20OS. The highest BCUT2D eigenvalue weighted by atomic mass is 32.2. The Labute approximate surface area is 131 Å². The molecule has 1 nitrogen and oxygen atoms in total. The SMILES string of the molecule is CCSc1cc(C)c(C=CC(=O)c2ccccc2)c(C)c1. The van der Waals surface area contributed by atoms with E-state index >= 15 is 0 Å². The molecule has 0 bridgehead atoms. The van der Waals surface area contributed by atoms with Crippen LogP contribution in [0.1, 0.15) is 34.0 Å².